The van der Waals surface area contributed by atoms with Crippen molar-refractivity contribution in [2.75, 3.05) is 0 Å². The largest absolute Gasteiger partial charge is 0.508 e. The summed E-state index contributed by atoms with van der Waals surface area (Å²) in [5.74, 6) is 0.288. The lowest BCUT2D eigenvalue weighted by molar-refractivity contribution is 0.438. The van der Waals surface area contributed by atoms with Gasteiger partial charge in [0.15, 0.2) is 0 Å². The first kappa shape index (κ1) is 9.72. The fourth-order valence-corrected chi connectivity index (χ4v) is 1.79. The summed E-state index contributed by atoms with van der Waals surface area (Å²) in [6.45, 7) is 0. The van der Waals surface area contributed by atoms with Gasteiger partial charge < -0.3 is 10.2 Å². The normalized spacial score (nSPS) is 10.8. The maximum Gasteiger partial charge on any atom is 0.222 e. The highest BCUT2D eigenvalue weighted by Crippen LogP contribution is 2.27. The van der Waals surface area contributed by atoms with E-state index in [-0.39, 0.29) is 11.6 Å². The lowest BCUT2D eigenvalue weighted by atomic mass is 10.2. The topological polar surface area (TPSA) is 58.3 Å². The summed E-state index contributed by atoms with van der Waals surface area (Å²) in [5.41, 5.74) is 1.44. The summed E-state index contributed by atoms with van der Waals surface area (Å²) in [6.07, 6.45) is 0. The van der Waals surface area contributed by atoms with E-state index in [1.165, 1.54) is 4.68 Å². The monoisotopic (exact) mass is 226 g/mol. The van der Waals surface area contributed by atoms with Crippen molar-refractivity contribution in [1.29, 1.82) is 0 Å². The van der Waals surface area contributed by atoms with Gasteiger partial charge in [-0.1, -0.05) is 12.1 Å². The molecule has 0 aliphatic rings. The number of phenolic OH excluding ortho intramolecular Hbond substituents is 1. The summed E-state index contributed by atoms with van der Waals surface area (Å²) in [4.78, 5) is 0. The molecule has 4 nitrogen and oxygen atoms in total. The van der Waals surface area contributed by atoms with Gasteiger partial charge in [-0.15, -0.1) is 0 Å². The molecule has 1 aromatic heterocycles. The quantitative estimate of drug-likeness (QED) is 0.670. The van der Waals surface area contributed by atoms with E-state index in [0.29, 0.717) is 11.1 Å². The highest BCUT2D eigenvalue weighted by atomic mass is 16.3. The number of benzene rings is 2. The van der Waals surface area contributed by atoms with Crippen LogP contribution in [-0.2, 0) is 0 Å². The molecule has 3 rings (SSSR count). The summed E-state index contributed by atoms with van der Waals surface area (Å²) in [6, 6.07) is 13.9. The van der Waals surface area contributed by atoms with Crippen LogP contribution < -0.4 is 0 Å². The number of aromatic hydroxyl groups is 2. The smallest absolute Gasteiger partial charge is 0.222 e. The van der Waals surface area contributed by atoms with Gasteiger partial charge in [0.25, 0.3) is 0 Å². The van der Waals surface area contributed by atoms with E-state index in [1.54, 1.807) is 24.3 Å². The highest BCUT2D eigenvalue weighted by Gasteiger charge is 2.10. The minimum atomic E-state index is 0.103. The Morgan fingerprint density at radius 1 is 0.882 bits per heavy atom. The number of hydrogen-bond donors (Lipinski definition) is 2. The van der Waals surface area contributed by atoms with Crippen molar-refractivity contribution in [3.05, 3.63) is 48.5 Å². The van der Waals surface area contributed by atoms with Gasteiger partial charge in [-0.05, 0) is 36.4 Å². The van der Waals surface area contributed by atoms with E-state index >= 15 is 0 Å². The van der Waals surface area contributed by atoms with E-state index in [9.17, 15) is 10.2 Å². The van der Waals surface area contributed by atoms with Gasteiger partial charge >= 0.3 is 0 Å². The Bertz CT molecular complexity index is 671. The molecule has 1 heterocycles. The average Bonchev–Trinajstić information content (AvgIpc) is 2.69. The molecule has 0 atom stereocenters. The predicted molar refractivity (Wildman–Crippen MR) is 64.4 cm³/mol. The van der Waals surface area contributed by atoms with Crippen LogP contribution in [0, 0.1) is 0 Å². The molecule has 0 aliphatic carbocycles. The molecule has 0 bridgehead atoms. The van der Waals surface area contributed by atoms with Crippen molar-refractivity contribution in [1.82, 2.24) is 9.78 Å². The minimum Gasteiger partial charge on any atom is -0.508 e. The van der Waals surface area contributed by atoms with Crippen LogP contribution in [0.4, 0.5) is 0 Å². The molecule has 0 saturated heterocycles. The van der Waals surface area contributed by atoms with Gasteiger partial charge in [0.1, 0.15) is 5.75 Å². The highest BCUT2D eigenvalue weighted by molar-refractivity contribution is 5.84. The first-order chi connectivity index (χ1) is 8.25. The Morgan fingerprint density at radius 2 is 1.59 bits per heavy atom. The minimum absolute atomic E-state index is 0.103. The van der Waals surface area contributed by atoms with E-state index in [1.807, 2.05) is 24.3 Å². The number of nitrogens with zero attached hydrogens (tertiary/aromatic N) is 2. The molecule has 2 aromatic carbocycles. The zero-order valence-electron chi connectivity index (χ0n) is 8.91. The van der Waals surface area contributed by atoms with Crippen molar-refractivity contribution < 1.29 is 10.2 Å². The van der Waals surface area contributed by atoms with Crippen LogP contribution in [0.25, 0.3) is 16.6 Å². The van der Waals surface area contributed by atoms with Crippen molar-refractivity contribution in [3.8, 4) is 17.3 Å². The van der Waals surface area contributed by atoms with E-state index < -0.39 is 0 Å². The lowest BCUT2D eigenvalue weighted by Crippen LogP contribution is -1.94. The molecular weight excluding hydrogens is 216 g/mol. The number of fused-ring (bicyclic) bond motifs is 1. The average molecular weight is 226 g/mol. The van der Waals surface area contributed by atoms with Crippen molar-refractivity contribution >= 4 is 10.9 Å². The van der Waals surface area contributed by atoms with Crippen molar-refractivity contribution in [2.45, 2.75) is 0 Å². The Labute approximate surface area is 97.4 Å². The number of rotatable bonds is 1. The first-order valence-electron chi connectivity index (χ1n) is 5.22. The molecule has 4 heteroatoms. The Hall–Kier alpha value is -2.49. The molecule has 84 valence electrons. The molecule has 0 unspecified atom stereocenters. The second kappa shape index (κ2) is 3.52. The summed E-state index contributed by atoms with van der Waals surface area (Å²) < 4.78 is 1.45. The molecule has 17 heavy (non-hydrogen) atoms. The lowest BCUT2D eigenvalue weighted by Gasteiger charge is -2.02. The van der Waals surface area contributed by atoms with Gasteiger partial charge in [0.05, 0.1) is 16.6 Å². The van der Waals surface area contributed by atoms with Gasteiger partial charge in [-0.3, -0.25) is 0 Å². The number of hydrogen-bond acceptors (Lipinski definition) is 3. The van der Waals surface area contributed by atoms with Crippen LogP contribution >= 0.6 is 0 Å². The third-order valence-electron chi connectivity index (χ3n) is 2.65. The van der Waals surface area contributed by atoms with E-state index in [4.69, 9.17) is 0 Å². The summed E-state index contributed by atoms with van der Waals surface area (Å²) in [5, 5.41) is 24.3. The van der Waals surface area contributed by atoms with Gasteiger partial charge in [-0.2, -0.15) is 5.10 Å². The zero-order valence-corrected chi connectivity index (χ0v) is 8.91. The van der Waals surface area contributed by atoms with Crippen LogP contribution in [-0.4, -0.2) is 20.0 Å². The predicted octanol–water partition coefficient (Wildman–Crippen LogP) is 2.44. The molecule has 2 N–H and O–H groups in total. The maximum absolute atomic E-state index is 10.1. The fraction of sp³-hybridized carbons (Fsp3) is 0. The van der Waals surface area contributed by atoms with Gasteiger partial charge in [-0.25, -0.2) is 4.68 Å². The van der Waals surface area contributed by atoms with E-state index in [0.717, 1.165) is 5.52 Å². The molecule has 0 amide bonds. The second-order valence-corrected chi connectivity index (χ2v) is 3.77. The van der Waals surface area contributed by atoms with Gasteiger partial charge in [0.2, 0.25) is 5.88 Å². The molecule has 0 spiro atoms. The van der Waals surface area contributed by atoms with Gasteiger partial charge in [0, 0.05) is 0 Å². The Morgan fingerprint density at radius 3 is 2.29 bits per heavy atom. The number of aromatic nitrogens is 2. The van der Waals surface area contributed by atoms with Crippen LogP contribution in [0.2, 0.25) is 0 Å². The molecule has 0 aliphatic heterocycles. The van der Waals surface area contributed by atoms with Crippen LogP contribution in [0.5, 0.6) is 11.6 Å². The van der Waals surface area contributed by atoms with Crippen LogP contribution in [0.3, 0.4) is 0 Å². The van der Waals surface area contributed by atoms with E-state index in [2.05, 4.69) is 5.10 Å². The maximum atomic E-state index is 10.1. The van der Waals surface area contributed by atoms with Crippen molar-refractivity contribution in [3.63, 3.8) is 0 Å². The second-order valence-electron chi connectivity index (χ2n) is 3.77. The molecule has 0 radical (unpaired) electrons. The summed E-state index contributed by atoms with van der Waals surface area (Å²) >= 11 is 0. The standard InChI is InChI=1S/C13H10N2O2/c16-10-7-5-9(6-8-10)15-13(17)11-3-1-2-4-12(11)14-15/h1-8,16-17H. The third-order valence-corrected chi connectivity index (χ3v) is 2.65. The Balaban J connectivity index is 2.24. The SMILES string of the molecule is Oc1ccc(-n2nc3ccccc3c2O)cc1. The number of phenols is 1. The van der Waals surface area contributed by atoms with Crippen LogP contribution in [0.1, 0.15) is 0 Å². The summed E-state index contributed by atoms with van der Waals surface area (Å²) in [7, 11) is 0. The molecule has 0 saturated carbocycles. The van der Waals surface area contributed by atoms with Crippen LogP contribution in [0.15, 0.2) is 48.5 Å². The zero-order chi connectivity index (χ0) is 11.8. The molecule has 0 fully saturated rings. The Kier molecular flexibility index (Phi) is 2.01. The fourth-order valence-electron chi connectivity index (χ4n) is 1.79. The van der Waals surface area contributed by atoms with Crippen molar-refractivity contribution in [2.24, 2.45) is 0 Å². The third kappa shape index (κ3) is 1.50. The molecule has 3 aromatic rings. The first-order valence-corrected chi connectivity index (χ1v) is 5.22. The molecular formula is C13H10N2O2.